The summed E-state index contributed by atoms with van der Waals surface area (Å²) in [5.41, 5.74) is 0.622. The highest BCUT2D eigenvalue weighted by Crippen LogP contribution is 2.31. The van der Waals surface area contributed by atoms with Crippen LogP contribution in [0, 0.1) is 0 Å². The molecule has 0 radical (unpaired) electrons. The quantitative estimate of drug-likeness (QED) is 0.624. The maximum Gasteiger partial charge on any atom is 0.265 e. The van der Waals surface area contributed by atoms with E-state index in [1.54, 1.807) is 31.2 Å². The van der Waals surface area contributed by atoms with Gasteiger partial charge >= 0.3 is 0 Å². The molecule has 0 bridgehead atoms. The molecule has 2 aromatic carbocycles. The normalized spacial score (nSPS) is 15.4. The third kappa shape index (κ3) is 4.18. The van der Waals surface area contributed by atoms with E-state index in [9.17, 15) is 8.42 Å². The Bertz CT molecular complexity index is 1090. The lowest BCUT2D eigenvalue weighted by atomic mass is 10.2. The minimum atomic E-state index is -3.69. The number of fused-ring (bicyclic) bond motifs is 1. The molecular formula is C22H23N3O4S. The molecule has 1 aliphatic heterocycles. The van der Waals surface area contributed by atoms with E-state index < -0.39 is 10.0 Å². The maximum atomic E-state index is 13.0. The summed E-state index contributed by atoms with van der Waals surface area (Å²) in [4.78, 5) is 4.41. The van der Waals surface area contributed by atoms with E-state index >= 15 is 0 Å². The fourth-order valence-corrected chi connectivity index (χ4v) is 4.65. The average molecular weight is 426 g/mol. The predicted molar refractivity (Wildman–Crippen MR) is 116 cm³/mol. The number of aromatic nitrogens is 1. The Kier molecular flexibility index (Phi) is 5.76. The zero-order chi connectivity index (χ0) is 21.0. The van der Waals surface area contributed by atoms with Crippen molar-refractivity contribution < 1.29 is 17.9 Å². The second kappa shape index (κ2) is 8.62. The number of nitrogens with one attached hydrogen (secondary N) is 1. The lowest BCUT2D eigenvalue weighted by molar-refractivity contribution is 0.0997. The van der Waals surface area contributed by atoms with E-state index in [0.717, 1.165) is 5.75 Å². The summed E-state index contributed by atoms with van der Waals surface area (Å²) < 4.78 is 39.0. The van der Waals surface area contributed by atoms with Crippen LogP contribution in [0.25, 0.3) is 0 Å². The number of para-hydroxylation sites is 3. The molecule has 0 saturated heterocycles. The molecular weight excluding hydrogens is 402 g/mol. The van der Waals surface area contributed by atoms with Gasteiger partial charge in [0.05, 0.1) is 12.2 Å². The van der Waals surface area contributed by atoms with Gasteiger partial charge in [-0.1, -0.05) is 30.3 Å². The van der Waals surface area contributed by atoms with Crippen LogP contribution >= 0.6 is 0 Å². The molecule has 1 atom stereocenters. The van der Waals surface area contributed by atoms with Crippen molar-refractivity contribution in [3.63, 3.8) is 0 Å². The van der Waals surface area contributed by atoms with Crippen LogP contribution in [0.15, 0.2) is 77.8 Å². The van der Waals surface area contributed by atoms with Crippen molar-refractivity contribution in [1.82, 2.24) is 4.98 Å². The highest BCUT2D eigenvalue weighted by molar-refractivity contribution is 7.92. The Hall–Kier alpha value is -3.26. The third-order valence-electron chi connectivity index (χ3n) is 4.73. The van der Waals surface area contributed by atoms with Crippen molar-refractivity contribution in [2.24, 2.45) is 0 Å². The zero-order valence-electron chi connectivity index (χ0n) is 16.6. The molecule has 1 N–H and O–H groups in total. The summed E-state index contributed by atoms with van der Waals surface area (Å²) in [6.45, 7) is 3.04. The first-order valence-electron chi connectivity index (χ1n) is 9.74. The van der Waals surface area contributed by atoms with Gasteiger partial charge in [0.1, 0.15) is 23.4 Å². The number of benzene rings is 2. The highest BCUT2D eigenvalue weighted by Gasteiger charge is 2.24. The number of rotatable bonds is 7. The number of hydrogen-bond donors (Lipinski definition) is 1. The summed E-state index contributed by atoms with van der Waals surface area (Å²) in [5.74, 6) is 2.02. The molecule has 0 spiro atoms. The molecule has 7 nitrogen and oxygen atoms in total. The van der Waals surface area contributed by atoms with E-state index in [4.69, 9.17) is 9.47 Å². The fraction of sp³-hybridized carbons (Fsp3) is 0.227. The molecule has 0 amide bonds. The fourth-order valence-electron chi connectivity index (χ4n) is 3.23. The van der Waals surface area contributed by atoms with Gasteiger partial charge in [-0.25, -0.2) is 13.4 Å². The first-order chi connectivity index (χ1) is 14.6. The van der Waals surface area contributed by atoms with Gasteiger partial charge in [0.25, 0.3) is 10.0 Å². The number of anilines is 2. The Morgan fingerprint density at radius 1 is 1.03 bits per heavy atom. The number of sulfonamides is 1. The van der Waals surface area contributed by atoms with Crippen LogP contribution in [0.2, 0.25) is 0 Å². The van der Waals surface area contributed by atoms with Gasteiger partial charge in [0.2, 0.25) is 0 Å². The summed E-state index contributed by atoms with van der Waals surface area (Å²) in [6, 6.07) is 19.8. The SMILES string of the molecule is CCN(c1ccccc1)S(=O)(=O)c1ccc(NC[C@H]2COc3ccccc3O2)nc1. The van der Waals surface area contributed by atoms with Crippen LogP contribution in [0.1, 0.15) is 6.92 Å². The molecule has 2 heterocycles. The number of pyridine rings is 1. The maximum absolute atomic E-state index is 13.0. The number of nitrogens with zero attached hydrogens (tertiary/aromatic N) is 2. The van der Waals surface area contributed by atoms with Gasteiger partial charge in [-0.15, -0.1) is 0 Å². The van der Waals surface area contributed by atoms with Crippen LogP contribution in [0.3, 0.4) is 0 Å². The van der Waals surface area contributed by atoms with Crippen molar-refractivity contribution in [2.75, 3.05) is 29.3 Å². The van der Waals surface area contributed by atoms with Crippen molar-refractivity contribution in [2.45, 2.75) is 17.9 Å². The predicted octanol–water partition coefficient (Wildman–Crippen LogP) is 3.55. The molecule has 1 aromatic heterocycles. The Morgan fingerprint density at radius 3 is 2.47 bits per heavy atom. The Labute approximate surface area is 176 Å². The largest absolute Gasteiger partial charge is 0.486 e. The molecule has 0 fully saturated rings. The second-order valence-electron chi connectivity index (χ2n) is 6.76. The monoisotopic (exact) mass is 425 g/mol. The van der Waals surface area contributed by atoms with E-state index in [2.05, 4.69) is 10.3 Å². The minimum absolute atomic E-state index is 0.143. The van der Waals surface area contributed by atoms with Gasteiger partial charge in [0.15, 0.2) is 11.5 Å². The Balaban J connectivity index is 1.41. The standard InChI is InChI=1S/C22H23N3O4S/c1-2-25(17-8-4-3-5-9-17)30(26,27)19-12-13-22(24-15-19)23-14-18-16-28-20-10-6-7-11-21(20)29-18/h3-13,15,18H,2,14,16H2,1H3,(H,23,24)/t18-/m0/s1. The number of hydrogen-bond acceptors (Lipinski definition) is 6. The minimum Gasteiger partial charge on any atom is -0.486 e. The summed E-state index contributed by atoms with van der Waals surface area (Å²) in [6.07, 6.45) is 1.20. The topological polar surface area (TPSA) is 80.8 Å². The van der Waals surface area contributed by atoms with Crippen LogP contribution in [-0.4, -0.2) is 39.2 Å². The summed E-state index contributed by atoms with van der Waals surface area (Å²) in [5, 5.41) is 3.17. The molecule has 4 rings (SSSR count). The zero-order valence-corrected chi connectivity index (χ0v) is 17.4. The molecule has 8 heteroatoms. The van der Waals surface area contributed by atoms with Crippen molar-refractivity contribution >= 4 is 21.5 Å². The van der Waals surface area contributed by atoms with E-state index in [1.807, 2.05) is 42.5 Å². The molecule has 1 aliphatic rings. The van der Waals surface area contributed by atoms with Crippen LogP contribution in [0.4, 0.5) is 11.5 Å². The second-order valence-corrected chi connectivity index (χ2v) is 8.63. The van der Waals surface area contributed by atoms with Crippen molar-refractivity contribution in [3.05, 3.63) is 72.9 Å². The van der Waals surface area contributed by atoms with Crippen LogP contribution < -0.4 is 19.1 Å². The van der Waals surface area contributed by atoms with Gasteiger partial charge in [-0.05, 0) is 43.3 Å². The lowest BCUT2D eigenvalue weighted by Crippen LogP contribution is -2.35. The third-order valence-corrected chi connectivity index (χ3v) is 6.62. The van der Waals surface area contributed by atoms with E-state index in [0.29, 0.717) is 37.0 Å². The van der Waals surface area contributed by atoms with E-state index in [-0.39, 0.29) is 11.0 Å². The molecule has 0 aliphatic carbocycles. The molecule has 3 aromatic rings. The molecule has 30 heavy (non-hydrogen) atoms. The van der Waals surface area contributed by atoms with Gasteiger partial charge < -0.3 is 14.8 Å². The Morgan fingerprint density at radius 2 is 1.77 bits per heavy atom. The molecule has 0 unspecified atom stereocenters. The first kappa shape index (κ1) is 20.0. The van der Waals surface area contributed by atoms with Gasteiger partial charge in [-0.2, -0.15) is 0 Å². The van der Waals surface area contributed by atoms with Crippen molar-refractivity contribution in [3.8, 4) is 11.5 Å². The van der Waals surface area contributed by atoms with Crippen LogP contribution in [0.5, 0.6) is 11.5 Å². The van der Waals surface area contributed by atoms with Crippen LogP contribution in [-0.2, 0) is 10.0 Å². The molecule has 156 valence electrons. The molecule has 0 saturated carbocycles. The van der Waals surface area contributed by atoms with E-state index in [1.165, 1.54) is 10.5 Å². The summed E-state index contributed by atoms with van der Waals surface area (Å²) in [7, 11) is -3.69. The van der Waals surface area contributed by atoms with Gasteiger partial charge in [0, 0.05) is 12.7 Å². The lowest BCUT2D eigenvalue weighted by Gasteiger charge is -2.26. The first-order valence-corrected chi connectivity index (χ1v) is 11.2. The summed E-state index contributed by atoms with van der Waals surface area (Å²) >= 11 is 0. The highest BCUT2D eigenvalue weighted by atomic mass is 32.2. The average Bonchev–Trinajstić information content (AvgIpc) is 2.79. The van der Waals surface area contributed by atoms with Gasteiger partial charge in [-0.3, -0.25) is 4.31 Å². The van der Waals surface area contributed by atoms with Crippen molar-refractivity contribution in [1.29, 1.82) is 0 Å². The number of ether oxygens (including phenoxy) is 2. The smallest absolute Gasteiger partial charge is 0.265 e.